The lowest BCUT2D eigenvalue weighted by Crippen LogP contribution is -2.20. The van der Waals surface area contributed by atoms with Crippen molar-refractivity contribution in [1.82, 2.24) is 0 Å². The molecule has 0 aromatic heterocycles. The molecule has 15 heavy (non-hydrogen) atoms. The molecule has 1 atom stereocenters. The molecule has 1 aliphatic carbocycles. The predicted molar refractivity (Wildman–Crippen MR) is 68.6 cm³/mol. The first-order chi connectivity index (χ1) is 7.33. The smallest absolute Gasteiger partial charge is 0.0343 e. The Labute approximate surface area is 96.7 Å². The SMILES string of the molecule is CCC(Nc1ccc(SC)cc1)C1CC1. The van der Waals surface area contributed by atoms with Crippen LogP contribution in [0.3, 0.4) is 0 Å². The van der Waals surface area contributed by atoms with Crippen LogP contribution in [0.4, 0.5) is 5.69 Å². The van der Waals surface area contributed by atoms with E-state index in [0.717, 1.165) is 5.92 Å². The quantitative estimate of drug-likeness (QED) is 0.754. The maximum atomic E-state index is 3.63. The van der Waals surface area contributed by atoms with Crippen LogP contribution in [0, 0.1) is 5.92 Å². The molecule has 0 amide bonds. The van der Waals surface area contributed by atoms with Gasteiger partial charge in [0.1, 0.15) is 0 Å². The van der Waals surface area contributed by atoms with Crippen molar-refractivity contribution in [3.8, 4) is 0 Å². The Morgan fingerprint density at radius 3 is 2.47 bits per heavy atom. The van der Waals surface area contributed by atoms with E-state index in [2.05, 4.69) is 42.8 Å². The first kappa shape index (κ1) is 10.9. The van der Waals surface area contributed by atoms with Crippen LogP contribution < -0.4 is 5.32 Å². The van der Waals surface area contributed by atoms with Gasteiger partial charge in [-0.05, 0) is 55.7 Å². The number of anilines is 1. The molecule has 1 saturated carbocycles. The van der Waals surface area contributed by atoms with Crippen molar-refractivity contribution in [2.75, 3.05) is 11.6 Å². The summed E-state index contributed by atoms with van der Waals surface area (Å²) in [7, 11) is 0. The Balaban J connectivity index is 1.96. The number of hydrogen-bond donors (Lipinski definition) is 1. The molecule has 1 aliphatic rings. The number of benzene rings is 1. The Morgan fingerprint density at radius 2 is 2.00 bits per heavy atom. The van der Waals surface area contributed by atoms with Crippen LogP contribution in [0.15, 0.2) is 29.2 Å². The number of hydrogen-bond acceptors (Lipinski definition) is 2. The van der Waals surface area contributed by atoms with Crippen LogP contribution in [-0.4, -0.2) is 12.3 Å². The standard InChI is InChI=1S/C13H19NS/c1-3-13(10-4-5-10)14-11-6-8-12(15-2)9-7-11/h6-10,13-14H,3-5H2,1-2H3. The molecule has 1 aromatic carbocycles. The van der Waals surface area contributed by atoms with Crippen molar-refractivity contribution in [1.29, 1.82) is 0 Å². The average Bonchev–Trinajstić information content (AvgIpc) is 3.10. The van der Waals surface area contributed by atoms with Gasteiger partial charge in [0.05, 0.1) is 0 Å². The third kappa shape index (κ3) is 2.91. The molecule has 0 saturated heterocycles. The third-order valence-corrected chi connectivity index (χ3v) is 3.82. The summed E-state index contributed by atoms with van der Waals surface area (Å²) in [6, 6.07) is 9.44. The van der Waals surface area contributed by atoms with Crippen LogP contribution in [0.1, 0.15) is 26.2 Å². The van der Waals surface area contributed by atoms with Crippen LogP contribution >= 0.6 is 11.8 Å². The zero-order valence-electron chi connectivity index (χ0n) is 9.49. The molecular weight excluding hydrogens is 202 g/mol. The number of nitrogens with one attached hydrogen (secondary N) is 1. The maximum absolute atomic E-state index is 3.63. The molecule has 82 valence electrons. The van der Waals surface area contributed by atoms with E-state index in [1.807, 2.05) is 0 Å². The first-order valence-corrected chi connectivity index (χ1v) is 6.96. The maximum Gasteiger partial charge on any atom is 0.0343 e. The van der Waals surface area contributed by atoms with Gasteiger partial charge in [0.15, 0.2) is 0 Å². The van der Waals surface area contributed by atoms with E-state index in [0.29, 0.717) is 6.04 Å². The fraction of sp³-hybridized carbons (Fsp3) is 0.538. The van der Waals surface area contributed by atoms with Gasteiger partial charge in [0.2, 0.25) is 0 Å². The van der Waals surface area contributed by atoms with Gasteiger partial charge in [-0.3, -0.25) is 0 Å². The fourth-order valence-corrected chi connectivity index (χ4v) is 2.36. The molecule has 1 unspecified atom stereocenters. The molecule has 0 heterocycles. The number of rotatable bonds is 5. The van der Waals surface area contributed by atoms with E-state index in [4.69, 9.17) is 0 Å². The lowest BCUT2D eigenvalue weighted by atomic mass is 10.1. The first-order valence-electron chi connectivity index (χ1n) is 5.74. The minimum absolute atomic E-state index is 0.685. The van der Waals surface area contributed by atoms with Gasteiger partial charge in [-0.1, -0.05) is 6.92 Å². The van der Waals surface area contributed by atoms with Crippen molar-refractivity contribution in [2.45, 2.75) is 37.1 Å². The highest BCUT2D eigenvalue weighted by Crippen LogP contribution is 2.35. The summed E-state index contributed by atoms with van der Waals surface area (Å²) < 4.78 is 0. The van der Waals surface area contributed by atoms with Crippen LogP contribution in [0.25, 0.3) is 0 Å². The molecule has 0 bridgehead atoms. The molecular formula is C13H19NS. The largest absolute Gasteiger partial charge is 0.382 e. The van der Waals surface area contributed by atoms with Crippen LogP contribution in [0.5, 0.6) is 0 Å². The van der Waals surface area contributed by atoms with Gasteiger partial charge in [-0.2, -0.15) is 0 Å². The van der Waals surface area contributed by atoms with Gasteiger partial charge in [0.25, 0.3) is 0 Å². The molecule has 1 N–H and O–H groups in total. The van der Waals surface area contributed by atoms with Crippen LogP contribution in [0.2, 0.25) is 0 Å². The summed E-state index contributed by atoms with van der Waals surface area (Å²) in [6.45, 7) is 2.27. The van der Waals surface area contributed by atoms with Crippen molar-refractivity contribution in [3.63, 3.8) is 0 Å². The van der Waals surface area contributed by atoms with E-state index < -0.39 is 0 Å². The molecule has 1 aromatic rings. The van der Waals surface area contributed by atoms with E-state index in [9.17, 15) is 0 Å². The summed E-state index contributed by atoms with van der Waals surface area (Å²) in [6.07, 6.45) is 6.17. The van der Waals surface area contributed by atoms with Gasteiger partial charge in [-0.25, -0.2) is 0 Å². The van der Waals surface area contributed by atoms with Gasteiger partial charge >= 0.3 is 0 Å². The predicted octanol–water partition coefficient (Wildman–Crippen LogP) is 4.01. The molecule has 1 nitrogen and oxygen atoms in total. The summed E-state index contributed by atoms with van der Waals surface area (Å²) in [5.41, 5.74) is 1.27. The normalized spacial score (nSPS) is 17.5. The minimum atomic E-state index is 0.685. The van der Waals surface area contributed by atoms with E-state index >= 15 is 0 Å². The molecule has 1 fully saturated rings. The highest BCUT2D eigenvalue weighted by molar-refractivity contribution is 7.98. The summed E-state index contributed by atoms with van der Waals surface area (Å²) in [5.74, 6) is 0.926. The molecule has 0 aliphatic heterocycles. The minimum Gasteiger partial charge on any atom is -0.382 e. The summed E-state index contributed by atoms with van der Waals surface area (Å²) in [5, 5.41) is 3.63. The van der Waals surface area contributed by atoms with Gasteiger partial charge < -0.3 is 5.32 Å². The molecule has 2 rings (SSSR count). The summed E-state index contributed by atoms with van der Waals surface area (Å²) >= 11 is 1.79. The van der Waals surface area contributed by atoms with Gasteiger partial charge in [-0.15, -0.1) is 11.8 Å². The Hall–Kier alpha value is -0.630. The Morgan fingerprint density at radius 1 is 1.33 bits per heavy atom. The van der Waals surface area contributed by atoms with E-state index in [1.165, 1.54) is 29.8 Å². The average molecular weight is 221 g/mol. The third-order valence-electron chi connectivity index (χ3n) is 3.07. The zero-order chi connectivity index (χ0) is 10.7. The van der Waals surface area contributed by atoms with Crippen molar-refractivity contribution in [2.24, 2.45) is 5.92 Å². The second-order valence-electron chi connectivity index (χ2n) is 4.23. The second-order valence-corrected chi connectivity index (χ2v) is 5.10. The van der Waals surface area contributed by atoms with E-state index in [1.54, 1.807) is 11.8 Å². The highest BCUT2D eigenvalue weighted by Gasteiger charge is 2.29. The monoisotopic (exact) mass is 221 g/mol. The van der Waals surface area contributed by atoms with E-state index in [-0.39, 0.29) is 0 Å². The molecule has 2 heteroatoms. The zero-order valence-corrected chi connectivity index (χ0v) is 10.3. The Bertz CT molecular complexity index is 303. The lowest BCUT2D eigenvalue weighted by molar-refractivity contribution is 0.616. The van der Waals surface area contributed by atoms with Gasteiger partial charge in [0, 0.05) is 16.6 Å². The number of thioether (sulfide) groups is 1. The Kier molecular flexibility index (Phi) is 3.57. The van der Waals surface area contributed by atoms with Crippen molar-refractivity contribution < 1.29 is 0 Å². The highest BCUT2D eigenvalue weighted by atomic mass is 32.2. The molecule has 0 spiro atoms. The topological polar surface area (TPSA) is 12.0 Å². The summed E-state index contributed by atoms with van der Waals surface area (Å²) in [4.78, 5) is 1.33. The van der Waals surface area contributed by atoms with Crippen molar-refractivity contribution in [3.05, 3.63) is 24.3 Å². The second kappa shape index (κ2) is 4.93. The lowest BCUT2D eigenvalue weighted by Gasteiger charge is -2.17. The van der Waals surface area contributed by atoms with Crippen LogP contribution in [-0.2, 0) is 0 Å². The van der Waals surface area contributed by atoms with Crippen molar-refractivity contribution >= 4 is 17.4 Å². The fourth-order valence-electron chi connectivity index (χ4n) is 1.95. The molecule has 0 radical (unpaired) electrons.